The maximum Gasteiger partial charge on any atom is 0.254 e. The third-order valence-electron chi connectivity index (χ3n) is 4.82. The lowest BCUT2D eigenvalue weighted by Gasteiger charge is -2.22. The predicted octanol–water partition coefficient (Wildman–Crippen LogP) is 3.78. The molecule has 1 saturated heterocycles. The zero-order chi connectivity index (χ0) is 17.9. The van der Waals surface area contributed by atoms with Gasteiger partial charge in [-0.25, -0.2) is 9.37 Å². The molecular weight excluding hydrogens is 349 g/mol. The Hall–Kier alpha value is -2.31. The van der Waals surface area contributed by atoms with E-state index in [-0.39, 0.29) is 11.7 Å². The van der Waals surface area contributed by atoms with Crippen LogP contribution < -0.4 is 0 Å². The van der Waals surface area contributed by atoms with Crippen LogP contribution in [0, 0.1) is 5.82 Å². The molecule has 0 unspecified atom stereocenters. The highest BCUT2D eigenvalue weighted by Gasteiger charge is 2.22. The normalized spacial score (nSPS) is 16.0. The second-order valence-electron chi connectivity index (χ2n) is 6.49. The van der Waals surface area contributed by atoms with Gasteiger partial charge in [0.25, 0.3) is 5.91 Å². The van der Waals surface area contributed by atoms with Gasteiger partial charge < -0.3 is 4.90 Å². The summed E-state index contributed by atoms with van der Waals surface area (Å²) in [6.45, 7) is 4.01. The van der Waals surface area contributed by atoms with Gasteiger partial charge in [-0.2, -0.15) is 0 Å². The van der Waals surface area contributed by atoms with Crippen LogP contribution >= 0.6 is 11.3 Å². The Morgan fingerprint density at radius 1 is 1.08 bits per heavy atom. The van der Waals surface area contributed by atoms with E-state index in [2.05, 4.69) is 9.88 Å². The van der Waals surface area contributed by atoms with E-state index in [0.717, 1.165) is 37.6 Å². The van der Waals surface area contributed by atoms with Crippen molar-refractivity contribution in [3.63, 3.8) is 0 Å². The number of thiazole rings is 1. The summed E-state index contributed by atoms with van der Waals surface area (Å²) >= 11 is 1.66. The van der Waals surface area contributed by atoms with Crippen molar-refractivity contribution in [1.82, 2.24) is 14.8 Å². The van der Waals surface area contributed by atoms with Crippen LogP contribution in [0.1, 0.15) is 21.8 Å². The van der Waals surface area contributed by atoms with Crippen LogP contribution in [0.5, 0.6) is 0 Å². The Balaban J connectivity index is 1.51. The molecule has 1 amide bonds. The molecule has 26 heavy (non-hydrogen) atoms. The molecule has 0 radical (unpaired) electrons. The standard InChI is InChI=1S/C20H20FN3OS/c21-18-7-6-17(15-4-1-2-5-16(15)18)20(25)24-10-3-9-23(11-12-24)14-19-22-8-13-26-19/h1-2,4-8,13H,3,9-12,14H2. The fourth-order valence-corrected chi connectivity index (χ4v) is 4.13. The Bertz CT molecular complexity index is 913. The third kappa shape index (κ3) is 3.48. The van der Waals surface area contributed by atoms with Crippen LogP contribution in [0.15, 0.2) is 48.0 Å². The van der Waals surface area contributed by atoms with Crippen LogP contribution in [-0.2, 0) is 6.54 Å². The number of halogens is 1. The SMILES string of the molecule is O=C(c1ccc(F)c2ccccc12)N1CCCN(Cc2nccs2)CC1. The van der Waals surface area contributed by atoms with E-state index in [1.54, 1.807) is 29.5 Å². The van der Waals surface area contributed by atoms with Gasteiger partial charge in [0, 0.05) is 48.7 Å². The summed E-state index contributed by atoms with van der Waals surface area (Å²) in [5, 5.41) is 4.28. The Morgan fingerprint density at radius 2 is 1.92 bits per heavy atom. The molecule has 4 nitrogen and oxygen atoms in total. The van der Waals surface area contributed by atoms with Crippen molar-refractivity contribution in [2.75, 3.05) is 26.2 Å². The van der Waals surface area contributed by atoms with Crippen molar-refractivity contribution in [2.24, 2.45) is 0 Å². The minimum absolute atomic E-state index is 0.0164. The molecule has 2 aromatic carbocycles. The molecule has 6 heteroatoms. The molecule has 1 aromatic heterocycles. The zero-order valence-corrected chi connectivity index (χ0v) is 15.2. The average Bonchev–Trinajstić information content (AvgIpc) is 3.06. The number of fused-ring (bicyclic) bond motifs is 1. The zero-order valence-electron chi connectivity index (χ0n) is 14.4. The first-order valence-electron chi connectivity index (χ1n) is 8.79. The maximum atomic E-state index is 14.0. The number of carbonyl (C=O) groups is 1. The molecular formula is C20H20FN3OS. The highest BCUT2D eigenvalue weighted by atomic mass is 32.1. The van der Waals surface area contributed by atoms with E-state index in [1.165, 1.54) is 6.07 Å². The van der Waals surface area contributed by atoms with E-state index >= 15 is 0 Å². The molecule has 0 spiro atoms. The lowest BCUT2D eigenvalue weighted by atomic mass is 10.0. The summed E-state index contributed by atoms with van der Waals surface area (Å²) in [6.07, 6.45) is 2.75. The summed E-state index contributed by atoms with van der Waals surface area (Å²) in [7, 11) is 0. The summed E-state index contributed by atoms with van der Waals surface area (Å²) in [4.78, 5) is 21.7. The third-order valence-corrected chi connectivity index (χ3v) is 5.58. The highest BCUT2D eigenvalue weighted by molar-refractivity contribution is 7.09. The summed E-state index contributed by atoms with van der Waals surface area (Å²) in [6, 6.07) is 10.2. The molecule has 0 atom stereocenters. The lowest BCUT2D eigenvalue weighted by Crippen LogP contribution is -2.35. The van der Waals surface area contributed by atoms with Crippen molar-refractivity contribution >= 4 is 28.0 Å². The van der Waals surface area contributed by atoms with E-state index in [4.69, 9.17) is 0 Å². The first kappa shape index (κ1) is 17.1. The second-order valence-corrected chi connectivity index (χ2v) is 7.47. The summed E-state index contributed by atoms with van der Waals surface area (Å²) < 4.78 is 14.0. The average molecular weight is 369 g/mol. The topological polar surface area (TPSA) is 36.4 Å². The van der Waals surface area contributed by atoms with Crippen LogP contribution in [0.4, 0.5) is 4.39 Å². The molecule has 3 aromatic rings. The van der Waals surface area contributed by atoms with Crippen LogP contribution in [0.2, 0.25) is 0 Å². The van der Waals surface area contributed by atoms with Crippen molar-refractivity contribution in [1.29, 1.82) is 0 Å². The number of rotatable bonds is 3. The Kier molecular flexibility index (Phi) is 4.95. The molecule has 4 rings (SSSR count). The van der Waals surface area contributed by atoms with E-state index in [0.29, 0.717) is 22.9 Å². The number of amides is 1. The highest BCUT2D eigenvalue weighted by Crippen LogP contribution is 2.23. The van der Waals surface area contributed by atoms with Gasteiger partial charge in [0.15, 0.2) is 0 Å². The minimum atomic E-state index is -0.289. The van der Waals surface area contributed by atoms with Gasteiger partial charge >= 0.3 is 0 Å². The molecule has 1 fully saturated rings. The lowest BCUT2D eigenvalue weighted by molar-refractivity contribution is 0.0763. The van der Waals surface area contributed by atoms with E-state index < -0.39 is 0 Å². The van der Waals surface area contributed by atoms with E-state index in [1.807, 2.05) is 28.6 Å². The molecule has 0 saturated carbocycles. The van der Waals surface area contributed by atoms with Gasteiger partial charge in [0.1, 0.15) is 10.8 Å². The molecule has 0 N–H and O–H groups in total. The van der Waals surface area contributed by atoms with Gasteiger partial charge in [0.2, 0.25) is 0 Å². The van der Waals surface area contributed by atoms with Crippen molar-refractivity contribution < 1.29 is 9.18 Å². The fraction of sp³-hybridized carbons (Fsp3) is 0.300. The van der Waals surface area contributed by atoms with Crippen molar-refractivity contribution in [3.8, 4) is 0 Å². The Labute approximate surface area is 155 Å². The summed E-state index contributed by atoms with van der Waals surface area (Å²) in [5.41, 5.74) is 0.579. The number of aromatic nitrogens is 1. The number of carbonyl (C=O) groups excluding carboxylic acids is 1. The molecule has 134 valence electrons. The molecule has 2 heterocycles. The number of hydrogen-bond donors (Lipinski definition) is 0. The number of nitrogens with zero attached hydrogens (tertiary/aromatic N) is 3. The monoisotopic (exact) mass is 369 g/mol. The smallest absolute Gasteiger partial charge is 0.254 e. The number of benzene rings is 2. The maximum absolute atomic E-state index is 14.0. The second kappa shape index (κ2) is 7.51. The van der Waals surface area contributed by atoms with Crippen molar-refractivity contribution in [3.05, 3.63) is 64.4 Å². The van der Waals surface area contributed by atoms with Gasteiger partial charge in [-0.15, -0.1) is 11.3 Å². The predicted molar refractivity (Wildman–Crippen MR) is 102 cm³/mol. The molecule has 0 aliphatic carbocycles. The van der Waals surface area contributed by atoms with E-state index in [9.17, 15) is 9.18 Å². The van der Waals surface area contributed by atoms with Crippen LogP contribution in [0.25, 0.3) is 10.8 Å². The molecule has 0 bridgehead atoms. The van der Waals surface area contributed by atoms with Crippen LogP contribution in [-0.4, -0.2) is 46.9 Å². The van der Waals surface area contributed by atoms with Crippen molar-refractivity contribution in [2.45, 2.75) is 13.0 Å². The van der Waals surface area contributed by atoms with Crippen LogP contribution in [0.3, 0.4) is 0 Å². The van der Waals surface area contributed by atoms with Gasteiger partial charge in [-0.1, -0.05) is 24.3 Å². The first-order valence-corrected chi connectivity index (χ1v) is 9.67. The Morgan fingerprint density at radius 3 is 2.73 bits per heavy atom. The summed E-state index contributed by atoms with van der Waals surface area (Å²) in [5.74, 6) is -0.306. The quantitative estimate of drug-likeness (QED) is 0.705. The van der Waals surface area contributed by atoms with Gasteiger partial charge in [0.05, 0.1) is 6.54 Å². The van der Waals surface area contributed by atoms with Gasteiger partial charge in [-0.05, 0) is 23.9 Å². The first-order chi connectivity index (χ1) is 12.7. The van der Waals surface area contributed by atoms with Gasteiger partial charge in [-0.3, -0.25) is 9.69 Å². The fourth-order valence-electron chi connectivity index (χ4n) is 3.47. The molecule has 1 aliphatic rings. The molecule has 1 aliphatic heterocycles. The number of hydrogen-bond acceptors (Lipinski definition) is 4. The minimum Gasteiger partial charge on any atom is -0.337 e. The largest absolute Gasteiger partial charge is 0.337 e.